The van der Waals surface area contributed by atoms with E-state index in [-0.39, 0.29) is 5.82 Å². The number of aromatic amines is 1. The highest BCUT2D eigenvalue weighted by Crippen LogP contribution is 2.12. The number of rotatable bonds is 1. The van der Waals surface area contributed by atoms with E-state index in [1.54, 1.807) is 0 Å². The fourth-order valence-electron chi connectivity index (χ4n) is 0.717. The second-order valence-electron chi connectivity index (χ2n) is 2.43. The summed E-state index contributed by atoms with van der Waals surface area (Å²) in [5.74, 6) is 0.202. The van der Waals surface area contributed by atoms with Crippen LogP contribution in [0.25, 0.3) is 0 Å². The summed E-state index contributed by atoms with van der Waals surface area (Å²) in [5, 5.41) is 0. The van der Waals surface area contributed by atoms with Crippen molar-refractivity contribution in [3.63, 3.8) is 0 Å². The summed E-state index contributed by atoms with van der Waals surface area (Å²) >= 11 is 0. The van der Waals surface area contributed by atoms with Crippen LogP contribution in [-0.4, -0.2) is 4.98 Å². The molecule has 0 spiro atoms. The maximum absolute atomic E-state index is 12.3. The number of halogens is 1. The van der Waals surface area contributed by atoms with Gasteiger partial charge in [-0.3, -0.25) is 0 Å². The van der Waals surface area contributed by atoms with Crippen LogP contribution < -0.4 is 0 Å². The summed E-state index contributed by atoms with van der Waals surface area (Å²) in [7, 11) is 0. The van der Waals surface area contributed by atoms with Crippen LogP contribution in [0.15, 0.2) is 12.3 Å². The number of aromatic nitrogens is 1. The van der Waals surface area contributed by atoms with E-state index in [2.05, 4.69) is 4.98 Å². The Morgan fingerprint density at radius 3 is 2.44 bits per heavy atom. The Hall–Kier alpha value is -0.790. The van der Waals surface area contributed by atoms with Crippen LogP contribution in [0.5, 0.6) is 0 Å². The lowest BCUT2D eigenvalue weighted by Gasteiger charge is -1.96. The fourth-order valence-corrected chi connectivity index (χ4v) is 0.717. The van der Waals surface area contributed by atoms with Crippen molar-refractivity contribution in [2.75, 3.05) is 0 Å². The fraction of sp³-hybridized carbons (Fsp3) is 0.429. The Balaban J connectivity index is 2.85. The summed E-state index contributed by atoms with van der Waals surface area (Å²) in [6.07, 6.45) is 1.37. The van der Waals surface area contributed by atoms with Gasteiger partial charge in [-0.15, -0.1) is 0 Å². The summed E-state index contributed by atoms with van der Waals surface area (Å²) in [5.41, 5.74) is 0.951. The van der Waals surface area contributed by atoms with Crippen LogP contribution in [0, 0.1) is 5.82 Å². The van der Waals surface area contributed by atoms with Gasteiger partial charge in [0.2, 0.25) is 0 Å². The lowest BCUT2D eigenvalue weighted by Crippen LogP contribution is -1.84. The third kappa shape index (κ3) is 1.31. The maximum atomic E-state index is 12.3. The first-order valence-corrected chi connectivity index (χ1v) is 3.04. The first-order chi connectivity index (χ1) is 4.20. The van der Waals surface area contributed by atoms with Crippen LogP contribution in [0.3, 0.4) is 0 Å². The Morgan fingerprint density at radius 2 is 2.22 bits per heavy atom. The van der Waals surface area contributed by atoms with Crippen molar-refractivity contribution in [3.05, 3.63) is 23.8 Å². The average molecular weight is 127 g/mol. The molecule has 0 fully saturated rings. The van der Waals surface area contributed by atoms with E-state index in [0.717, 1.165) is 5.69 Å². The number of nitrogens with one attached hydrogen (secondary N) is 1. The Bertz CT molecular complexity index is 191. The van der Waals surface area contributed by atoms with Crippen LogP contribution in [0.2, 0.25) is 0 Å². The quantitative estimate of drug-likeness (QED) is 0.595. The Morgan fingerprint density at radius 1 is 1.56 bits per heavy atom. The van der Waals surface area contributed by atoms with Gasteiger partial charge in [-0.25, -0.2) is 4.39 Å². The second kappa shape index (κ2) is 2.21. The van der Waals surface area contributed by atoms with Gasteiger partial charge in [0.25, 0.3) is 0 Å². The Kier molecular flexibility index (Phi) is 1.56. The molecular formula is C7H10FN. The number of H-pyrrole nitrogens is 1. The molecule has 0 saturated carbocycles. The predicted octanol–water partition coefficient (Wildman–Crippen LogP) is 2.28. The van der Waals surface area contributed by atoms with Crippen molar-refractivity contribution in [1.82, 2.24) is 4.98 Å². The molecule has 1 nitrogen and oxygen atoms in total. The maximum Gasteiger partial charge on any atom is 0.140 e. The zero-order valence-electron chi connectivity index (χ0n) is 5.61. The van der Waals surface area contributed by atoms with E-state index < -0.39 is 0 Å². The van der Waals surface area contributed by atoms with Crippen molar-refractivity contribution in [1.29, 1.82) is 0 Å². The van der Waals surface area contributed by atoms with Gasteiger partial charge >= 0.3 is 0 Å². The lowest BCUT2D eigenvalue weighted by molar-refractivity contribution is 0.629. The molecule has 0 saturated heterocycles. The van der Waals surface area contributed by atoms with Gasteiger partial charge in [-0.05, 0) is 12.0 Å². The van der Waals surface area contributed by atoms with Gasteiger partial charge in [0.05, 0.1) is 0 Å². The molecule has 0 aliphatic heterocycles. The minimum absolute atomic E-state index is 0.182. The van der Waals surface area contributed by atoms with Crippen molar-refractivity contribution < 1.29 is 4.39 Å². The topological polar surface area (TPSA) is 15.8 Å². The van der Waals surface area contributed by atoms with Gasteiger partial charge in [0.15, 0.2) is 0 Å². The number of hydrogen-bond acceptors (Lipinski definition) is 0. The molecule has 9 heavy (non-hydrogen) atoms. The molecule has 1 aromatic heterocycles. The van der Waals surface area contributed by atoms with E-state index in [1.807, 2.05) is 13.8 Å². The molecule has 0 aliphatic carbocycles. The second-order valence-corrected chi connectivity index (χ2v) is 2.43. The summed E-state index contributed by atoms with van der Waals surface area (Å²) in [6, 6.07) is 1.52. The van der Waals surface area contributed by atoms with Crippen molar-refractivity contribution in [2.24, 2.45) is 0 Å². The highest BCUT2D eigenvalue weighted by molar-refractivity contribution is 5.09. The molecular weight excluding hydrogens is 117 g/mol. The number of hydrogen-bond donors (Lipinski definition) is 1. The Labute approximate surface area is 53.9 Å². The van der Waals surface area contributed by atoms with Crippen molar-refractivity contribution >= 4 is 0 Å². The molecule has 1 heterocycles. The molecule has 2 heteroatoms. The van der Waals surface area contributed by atoms with E-state index in [0.29, 0.717) is 5.92 Å². The highest BCUT2D eigenvalue weighted by atomic mass is 19.1. The van der Waals surface area contributed by atoms with Crippen LogP contribution >= 0.6 is 0 Å². The zero-order valence-corrected chi connectivity index (χ0v) is 5.61. The van der Waals surface area contributed by atoms with Crippen molar-refractivity contribution in [2.45, 2.75) is 19.8 Å². The third-order valence-electron chi connectivity index (χ3n) is 1.29. The summed E-state index contributed by atoms with van der Waals surface area (Å²) in [4.78, 5) is 2.83. The van der Waals surface area contributed by atoms with Crippen molar-refractivity contribution in [3.8, 4) is 0 Å². The van der Waals surface area contributed by atoms with Crippen LogP contribution in [0.4, 0.5) is 4.39 Å². The first kappa shape index (κ1) is 6.33. The molecule has 0 aromatic carbocycles. The minimum atomic E-state index is -0.182. The van der Waals surface area contributed by atoms with Gasteiger partial charge in [0, 0.05) is 11.9 Å². The normalized spacial score (nSPS) is 10.7. The van der Waals surface area contributed by atoms with E-state index >= 15 is 0 Å². The van der Waals surface area contributed by atoms with Gasteiger partial charge in [0.1, 0.15) is 5.82 Å². The van der Waals surface area contributed by atoms with Gasteiger partial charge in [-0.1, -0.05) is 13.8 Å². The SMILES string of the molecule is CC(C)c1cc(F)c[nH]1. The average Bonchev–Trinajstić information content (AvgIpc) is 2.14. The monoisotopic (exact) mass is 127 g/mol. The molecule has 50 valence electrons. The highest BCUT2D eigenvalue weighted by Gasteiger charge is 2.00. The molecule has 0 radical (unpaired) electrons. The minimum Gasteiger partial charge on any atom is -0.362 e. The molecule has 0 bridgehead atoms. The smallest absolute Gasteiger partial charge is 0.140 e. The van der Waals surface area contributed by atoms with Crippen LogP contribution in [-0.2, 0) is 0 Å². The molecule has 1 N–H and O–H groups in total. The van der Waals surface area contributed by atoms with Gasteiger partial charge < -0.3 is 4.98 Å². The molecule has 0 unspecified atom stereocenters. The molecule has 1 rings (SSSR count). The zero-order chi connectivity index (χ0) is 6.85. The molecule has 0 aliphatic rings. The summed E-state index contributed by atoms with van der Waals surface area (Å²) < 4.78 is 12.3. The van der Waals surface area contributed by atoms with Crippen LogP contribution in [0.1, 0.15) is 25.5 Å². The van der Waals surface area contributed by atoms with E-state index in [4.69, 9.17) is 0 Å². The van der Waals surface area contributed by atoms with E-state index in [9.17, 15) is 4.39 Å². The lowest BCUT2D eigenvalue weighted by atomic mass is 10.1. The third-order valence-corrected chi connectivity index (χ3v) is 1.29. The standard InChI is InChI=1S/C7H10FN/c1-5(2)7-3-6(8)4-9-7/h3-5,9H,1-2H3. The molecule has 0 amide bonds. The first-order valence-electron chi connectivity index (χ1n) is 3.04. The predicted molar refractivity (Wildman–Crippen MR) is 34.8 cm³/mol. The molecule has 1 aromatic rings. The van der Waals surface area contributed by atoms with E-state index in [1.165, 1.54) is 12.3 Å². The summed E-state index contributed by atoms with van der Waals surface area (Å²) in [6.45, 7) is 4.04. The van der Waals surface area contributed by atoms with Gasteiger partial charge in [-0.2, -0.15) is 0 Å². The molecule has 0 atom stereocenters. The largest absolute Gasteiger partial charge is 0.362 e.